The summed E-state index contributed by atoms with van der Waals surface area (Å²) in [4.78, 5) is 25.9. The van der Waals surface area contributed by atoms with Crippen LogP contribution in [-0.2, 0) is 19.6 Å². The number of hydrogen-bond acceptors (Lipinski definition) is 6. The van der Waals surface area contributed by atoms with Crippen LogP contribution in [0, 0.1) is 5.82 Å². The number of ether oxygens (including phenoxy) is 1. The summed E-state index contributed by atoms with van der Waals surface area (Å²) in [6.07, 6.45) is -0.647. The van der Waals surface area contributed by atoms with Crippen LogP contribution >= 0.6 is 0 Å². The van der Waals surface area contributed by atoms with Gasteiger partial charge in [-0.25, -0.2) is 22.5 Å². The topological polar surface area (TPSA) is 87.2 Å². The van der Waals surface area contributed by atoms with Crippen molar-refractivity contribution in [1.29, 1.82) is 0 Å². The number of rotatable bonds is 4. The second-order valence-corrected chi connectivity index (χ2v) is 7.68. The Morgan fingerprint density at radius 2 is 1.80 bits per heavy atom. The Bertz CT molecular complexity index is 777. The van der Waals surface area contributed by atoms with E-state index in [9.17, 15) is 22.4 Å². The summed E-state index contributed by atoms with van der Waals surface area (Å²) in [5.41, 5.74) is 0. The van der Waals surface area contributed by atoms with Crippen molar-refractivity contribution < 1.29 is 27.1 Å². The molecule has 2 aliphatic rings. The van der Waals surface area contributed by atoms with E-state index in [-0.39, 0.29) is 43.6 Å². The van der Waals surface area contributed by atoms with E-state index < -0.39 is 21.9 Å². The fourth-order valence-electron chi connectivity index (χ4n) is 2.82. The van der Waals surface area contributed by atoms with Crippen molar-refractivity contribution in [3.63, 3.8) is 0 Å². The maximum Gasteiger partial charge on any atom is 0.416 e. The van der Waals surface area contributed by atoms with Crippen LogP contribution in [0.15, 0.2) is 29.2 Å². The van der Waals surface area contributed by atoms with E-state index >= 15 is 0 Å². The average Bonchev–Trinajstić information content (AvgIpc) is 3.02. The molecule has 10 heteroatoms. The Hall–Kier alpha value is -2.04. The van der Waals surface area contributed by atoms with E-state index in [2.05, 4.69) is 0 Å². The molecule has 0 bridgehead atoms. The fraction of sp³-hybridized carbons (Fsp3) is 0.467. The normalized spacial score (nSPS) is 19.9. The van der Waals surface area contributed by atoms with Gasteiger partial charge in [0.15, 0.2) is 0 Å². The Morgan fingerprint density at radius 3 is 2.40 bits per heavy atom. The number of carbonyl (C=O) groups is 2. The molecule has 0 N–H and O–H groups in total. The van der Waals surface area contributed by atoms with Gasteiger partial charge in [0.1, 0.15) is 17.3 Å². The first-order valence-corrected chi connectivity index (χ1v) is 9.28. The Balaban J connectivity index is 1.59. The quantitative estimate of drug-likeness (QED) is 0.747. The first kappa shape index (κ1) is 17.8. The number of benzene rings is 1. The van der Waals surface area contributed by atoms with Crippen LogP contribution in [0.2, 0.25) is 0 Å². The molecule has 3 rings (SSSR count). The Labute approximate surface area is 144 Å². The summed E-state index contributed by atoms with van der Waals surface area (Å²) < 4.78 is 44.8. The molecule has 2 fully saturated rings. The summed E-state index contributed by atoms with van der Waals surface area (Å²) in [6.45, 7) is 1.38. The van der Waals surface area contributed by atoms with Crippen LogP contribution in [0.5, 0.6) is 0 Å². The summed E-state index contributed by atoms with van der Waals surface area (Å²) >= 11 is 0. The number of halogens is 1. The second kappa shape index (κ2) is 7.06. The molecular weight excluding hydrogens is 353 g/mol. The molecule has 8 nitrogen and oxygen atoms in total. The summed E-state index contributed by atoms with van der Waals surface area (Å²) in [5, 5.41) is 0. The molecule has 1 aromatic rings. The molecule has 136 valence electrons. The van der Waals surface area contributed by atoms with Gasteiger partial charge in [0.2, 0.25) is 15.9 Å². The maximum atomic E-state index is 13.8. The van der Waals surface area contributed by atoms with Crippen molar-refractivity contribution >= 4 is 22.0 Å². The van der Waals surface area contributed by atoms with Crippen molar-refractivity contribution in [3.05, 3.63) is 30.1 Å². The lowest BCUT2D eigenvalue weighted by Crippen LogP contribution is -2.51. The molecule has 2 amide bonds. The number of piperazine rings is 1. The highest BCUT2D eigenvalue weighted by Gasteiger charge is 2.33. The Kier molecular flexibility index (Phi) is 5.02. The minimum atomic E-state index is -3.91. The molecule has 0 aliphatic carbocycles. The largest absolute Gasteiger partial charge is 0.447 e. The average molecular weight is 371 g/mol. The second-order valence-electron chi connectivity index (χ2n) is 5.77. The number of nitrogens with zero attached hydrogens (tertiary/aromatic N) is 3. The zero-order valence-corrected chi connectivity index (χ0v) is 14.2. The number of amides is 2. The lowest BCUT2D eigenvalue weighted by atomic mass is 10.3. The molecule has 25 heavy (non-hydrogen) atoms. The summed E-state index contributed by atoms with van der Waals surface area (Å²) in [5.74, 6) is -1.15. The van der Waals surface area contributed by atoms with Crippen molar-refractivity contribution in [2.75, 3.05) is 45.9 Å². The highest BCUT2D eigenvalue weighted by Crippen LogP contribution is 2.20. The SMILES string of the molecule is O=C(CN1CCN(S(=O)(=O)c2ccccc2F)CC1)N1CCOC1=O. The van der Waals surface area contributed by atoms with Crippen molar-refractivity contribution in [1.82, 2.24) is 14.1 Å². The number of hydrogen-bond donors (Lipinski definition) is 0. The molecule has 0 aromatic heterocycles. The van der Waals surface area contributed by atoms with Crippen molar-refractivity contribution in [3.8, 4) is 0 Å². The molecule has 0 radical (unpaired) electrons. The van der Waals surface area contributed by atoms with Crippen LogP contribution < -0.4 is 0 Å². The molecule has 0 atom stereocenters. The van der Waals surface area contributed by atoms with Crippen LogP contribution in [0.3, 0.4) is 0 Å². The first-order chi connectivity index (χ1) is 11.9. The Morgan fingerprint density at radius 1 is 1.12 bits per heavy atom. The van der Waals surface area contributed by atoms with Gasteiger partial charge in [-0.3, -0.25) is 9.69 Å². The maximum absolute atomic E-state index is 13.8. The highest BCUT2D eigenvalue weighted by atomic mass is 32.2. The zero-order valence-electron chi connectivity index (χ0n) is 13.4. The van der Waals surface area contributed by atoms with Gasteiger partial charge in [-0.1, -0.05) is 12.1 Å². The van der Waals surface area contributed by atoms with Crippen LogP contribution in [-0.4, -0.2) is 80.4 Å². The van der Waals surface area contributed by atoms with Gasteiger partial charge in [0, 0.05) is 26.2 Å². The number of sulfonamides is 1. The highest BCUT2D eigenvalue weighted by molar-refractivity contribution is 7.89. The van der Waals surface area contributed by atoms with Gasteiger partial charge in [0.25, 0.3) is 0 Å². The zero-order chi connectivity index (χ0) is 18.0. The smallest absolute Gasteiger partial charge is 0.416 e. The fourth-order valence-corrected chi connectivity index (χ4v) is 4.30. The van der Waals surface area contributed by atoms with E-state index in [1.807, 2.05) is 0 Å². The predicted molar refractivity (Wildman–Crippen MR) is 84.7 cm³/mol. The molecule has 0 saturated carbocycles. The minimum absolute atomic E-state index is 0.0166. The van der Waals surface area contributed by atoms with Crippen LogP contribution in [0.1, 0.15) is 0 Å². The molecule has 0 unspecified atom stereocenters. The first-order valence-electron chi connectivity index (χ1n) is 7.84. The van der Waals surface area contributed by atoms with E-state index in [0.717, 1.165) is 11.0 Å². The monoisotopic (exact) mass is 371 g/mol. The third-order valence-corrected chi connectivity index (χ3v) is 6.14. The van der Waals surface area contributed by atoms with Gasteiger partial charge in [0.05, 0.1) is 13.1 Å². The van der Waals surface area contributed by atoms with Gasteiger partial charge >= 0.3 is 6.09 Å². The third kappa shape index (κ3) is 3.65. The lowest BCUT2D eigenvalue weighted by Gasteiger charge is -2.33. The van der Waals surface area contributed by atoms with Crippen molar-refractivity contribution in [2.24, 2.45) is 0 Å². The number of carbonyl (C=O) groups excluding carboxylic acids is 2. The van der Waals surface area contributed by atoms with E-state index in [1.165, 1.54) is 22.5 Å². The molecule has 1 aromatic carbocycles. The van der Waals surface area contributed by atoms with E-state index in [1.54, 1.807) is 4.90 Å². The molecule has 2 saturated heterocycles. The van der Waals surface area contributed by atoms with E-state index in [0.29, 0.717) is 13.1 Å². The van der Waals surface area contributed by atoms with Crippen LogP contribution in [0.25, 0.3) is 0 Å². The molecule has 2 aliphatic heterocycles. The molecule has 2 heterocycles. The number of cyclic esters (lactones) is 1. The van der Waals surface area contributed by atoms with Gasteiger partial charge < -0.3 is 4.74 Å². The third-order valence-electron chi connectivity index (χ3n) is 4.21. The number of imide groups is 1. The molecule has 0 spiro atoms. The molecular formula is C15H18FN3O5S. The van der Waals surface area contributed by atoms with Crippen LogP contribution in [0.4, 0.5) is 9.18 Å². The van der Waals surface area contributed by atoms with E-state index in [4.69, 9.17) is 4.74 Å². The summed E-state index contributed by atoms with van der Waals surface area (Å²) in [6, 6.07) is 5.25. The van der Waals surface area contributed by atoms with Gasteiger partial charge in [-0.2, -0.15) is 4.31 Å². The minimum Gasteiger partial charge on any atom is -0.447 e. The summed E-state index contributed by atoms with van der Waals surface area (Å²) in [7, 11) is -3.91. The van der Waals surface area contributed by atoms with Gasteiger partial charge in [-0.15, -0.1) is 0 Å². The predicted octanol–water partition coefficient (Wildman–Crippen LogP) is 0.111. The standard InChI is InChI=1S/C15H18FN3O5S/c16-12-3-1-2-4-13(12)25(22,23)18-7-5-17(6-8-18)11-14(20)19-9-10-24-15(19)21/h1-4H,5-11H2. The van der Waals surface area contributed by atoms with Gasteiger partial charge in [-0.05, 0) is 12.1 Å². The lowest BCUT2D eigenvalue weighted by molar-refractivity contribution is -0.129. The van der Waals surface area contributed by atoms with Crippen molar-refractivity contribution in [2.45, 2.75) is 4.90 Å².